The lowest BCUT2D eigenvalue weighted by atomic mass is 9.90. The predicted molar refractivity (Wildman–Crippen MR) is 99.4 cm³/mol. The summed E-state index contributed by atoms with van der Waals surface area (Å²) in [4.78, 5) is 5.94. The summed E-state index contributed by atoms with van der Waals surface area (Å²) < 4.78 is 0. The molecular formula is C17H27Cl2N3. The molecule has 0 radical (unpaired) electrons. The number of benzene rings is 1. The molecule has 124 valence electrons. The van der Waals surface area contributed by atoms with Gasteiger partial charge >= 0.3 is 0 Å². The van der Waals surface area contributed by atoms with Crippen molar-refractivity contribution in [2.45, 2.75) is 26.3 Å². The third-order valence-electron chi connectivity index (χ3n) is 4.65. The van der Waals surface area contributed by atoms with Crippen molar-refractivity contribution < 1.29 is 0 Å². The summed E-state index contributed by atoms with van der Waals surface area (Å²) in [5.74, 6) is 0.685. The van der Waals surface area contributed by atoms with Crippen molar-refractivity contribution in [2.75, 3.05) is 26.2 Å². The maximum atomic E-state index is 3.46. The highest BCUT2D eigenvalue weighted by Gasteiger charge is 2.26. The zero-order valence-electron chi connectivity index (χ0n) is 13.3. The van der Waals surface area contributed by atoms with Crippen LogP contribution >= 0.6 is 24.8 Å². The molecule has 2 aromatic rings. The largest absolute Gasteiger partial charge is 0.361 e. The first-order chi connectivity index (χ1) is 9.79. The Labute approximate surface area is 145 Å². The van der Waals surface area contributed by atoms with Crippen LogP contribution in [0.25, 0.3) is 10.9 Å². The average molecular weight is 344 g/mol. The van der Waals surface area contributed by atoms with Crippen molar-refractivity contribution in [1.29, 1.82) is 0 Å². The highest BCUT2D eigenvalue weighted by Crippen LogP contribution is 2.32. The van der Waals surface area contributed by atoms with Crippen molar-refractivity contribution in [3.8, 4) is 0 Å². The number of piperazine rings is 1. The lowest BCUT2D eigenvalue weighted by Gasteiger charge is -2.38. The first-order valence-electron chi connectivity index (χ1n) is 7.81. The van der Waals surface area contributed by atoms with Crippen LogP contribution in [0, 0.1) is 5.92 Å². The van der Waals surface area contributed by atoms with E-state index in [0.717, 1.165) is 26.2 Å². The van der Waals surface area contributed by atoms with Crippen LogP contribution in [0.4, 0.5) is 0 Å². The number of halogens is 2. The SMILES string of the molecule is CCC(C)[C@@H](c1ccc2[nH]ccc2c1)N1CCNCC1.Cl.Cl. The van der Waals surface area contributed by atoms with Crippen LogP contribution in [-0.2, 0) is 0 Å². The fraction of sp³-hybridized carbons (Fsp3) is 0.529. The molecule has 2 heterocycles. The molecule has 1 aliphatic heterocycles. The Balaban J connectivity index is 0.00000121. The Morgan fingerprint density at radius 1 is 1.14 bits per heavy atom. The van der Waals surface area contributed by atoms with E-state index in [4.69, 9.17) is 0 Å². The molecule has 1 saturated heterocycles. The van der Waals surface area contributed by atoms with E-state index in [1.54, 1.807) is 0 Å². The minimum Gasteiger partial charge on any atom is -0.361 e. The predicted octanol–water partition coefficient (Wildman–Crippen LogP) is 4.00. The number of H-pyrrole nitrogens is 1. The number of nitrogens with zero attached hydrogens (tertiary/aromatic N) is 1. The van der Waals surface area contributed by atoms with Gasteiger partial charge in [-0.2, -0.15) is 0 Å². The van der Waals surface area contributed by atoms with Gasteiger partial charge in [-0.3, -0.25) is 4.90 Å². The molecule has 1 aliphatic rings. The minimum absolute atomic E-state index is 0. The number of aromatic nitrogens is 1. The molecule has 0 spiro atoms. The second kappa shape index (κ2) is 8.78. The summed E-state index contributed by atoms with van der Waals surface area (Å²) >= 11 is 0. The van der Waals surface area contributed by atoms with E-state index in [0.29, 0.717) is 12.0 Å². The van der Waals surface area contributed by atoms with Crippen molar-refractivity contribution >= 4 is 35.7 Å². The van der Waals surface area contributed by atoms with Gasteiger partial charge in [0.15, 0.2) is 0 Å². The molecule has 3 rings (SSSR count). The minimum atomic E-state index is 0. The van der Waals surface area contributed by atoms with Crippen LogP contribution in [-0.4, -0.2) is 36.1 Å². The first kappa shape index (κ1) is 19.3. The Morgan fingerprint density at radius 3 is 2.55 bits per heavy atom. The van der Waals surface area contributed by atoms with E-state index < -0.39 is 0 Å². The van der Waals surface area contributed by atoms with Crippen LogP contribution < -0.4 is 5.32 Å². The van der Waals surface area contributed by atoms with E-state index in [9.17, 15) is 0 Å². The summed E-state index contributed by atoms with van der Waals surface area (Å²) in [7, 11) is 0. The first-order valence-corrected chi connectivity index (χ1v) is 7.81. The molecule has 0 amide bonds. The summed E-state index contributed by atoms with van der Waals surface area (Å²) in [5, 5.41) is 4.78. The molecule has 0 saturated carbocycles. The van der Waals surface area contributed by atoms with Gasteiger partial charge in [0.1, 0.15) is 0 Å². The van der Waals surface area contributed by atoms with Gasteiger partial charge in [0, 0.05) is 43.9 Å². The Bertz CT molecular complexity index is 564. The zero-order chi connectivity index (χ0) is 13.9. The number of aromatic amines is 1. The van der Waals surface area contributed by atoms with Crippen LogP contribution in [0.2, 0.25) is 0 Å². The fourth-order valence-electron chi connectivity index (χ4n) is 3.34. The van der Waals surface area contributed by atoms with E-state index in [1.165, 1.54) is 22.9 Å². The van der Waals surface area contributed by atoms with Gasteiger partial charge in [0.05, 0.1) is 0 Å². The number of hydrogen-bond donors (Lipinski definition) is 2. The smallest absolute Gasteiger partial charge is 0.0454 e. The molecule has 0 aliphatic carbocycles. The van der Waals surface area contributed by atoms with E-state index in [-0.39, 0.29) is 24.8 Å². The monoisotopic (exact) mass is 343 g/mol. The Morgan fingerprint density at radius 2 is 1.86 bits per heavy atom. The second-order valence-corrected chi connectivity index (χ2v) is 5.94. The summed E-state index contributed by atoms with van der Waals surface area (Å²) in [6.45, 7) is 9.21. The normalized spacial score (nSPS) is 18.3. The molecule has 2 atom stereocenters. The molecule has 2 N–H and O–H groups in total. The second-order valence-electron chi connectivity index (χ2n) is 5.94. The van der Waals surface area contributed by atoms with Gasteiger partial charge in [-0.05, 0) is 35.1 Å². The summed E-state index contributed by atoms with van der Waals surface area (Å²) in [6, 6.07) is 9.61. The van der Waals surface area contributed by atoms with Crippen molar-refractivity contribution in [1.82, 2.24) is 15.2 Å². The van der Waals surface area contributed by atoms with Crippen LogP contribution in [0.5, 0.6) is 0 Å². The number of rotatable bonds is 4. The number of hydrogen-bond acceptors (Lipinski definition) is 2. The molecule has 3 nitrogen and oxygen atoms in total. The molecule has 1 fully saturated rings. The van der Waals surface area contributed by atoms with Crippen molar-refractivity contribution in [2.24, 2.45) is 5.92 Å². The zero-order valence-corrected chi connectivity index (χ0v) is 15.0. The summed E-state index contributed by atoms with van der Waals surface area (Å²) in [6.07, 6.45) is 3.25. The third-order valence-corrected chi connectivity index (χ3v) is 4.65. The van der Waals surface area contributed by atoms with E-state index in [1.807, 2.05) is 6.20 Å². The third kappa shape index (κ3) is 3.96. The molecule has 1 aromatic carbocycles. The van der Waals surface area contributed by atoms with E-state index >= 15 is 0 Å². The molecular weight excluding hydrogens is 317 g/mol. The lowest BCUT2D eigenvalue weighted by molar-refractivity contribution is 0.128. The summed E-state index contributed by atoms with van der Waals surface area (Å²) in [5.41, 5.74) is 2.70. The number of fused-ring (bicyclic) bond motifs is 1. The van der Waals surface area contributed by atoms with Crippen LogP contribution in [0.3, 0.4) is 0 Å². The maximum absolute atomic E-state index is 3.46. The molecule has 22 heavy (non-hydrogen) atoms. The Kier molecular flexibility index (Phi) is 7.70. The lowest BCUT2D eigenvalue weighted by Crippen LogP contribution is -2.46. The molecule has 1 aromatic heterocycles. The van der Waals surface area contributed by atoms with Gasteiger partial charge in [-0.1, -0.05) is 26.3 Å². The van der Waals surface area contributed by atoms with Crippen molar-refractivity contribution in [3.05, 3.63) is 36.0 Å². The molecule has 0 bridgehead atoms. The van der Waals surface area contributed by atoms with Crippen LogP contribution in [0.1, 0.15) is 31.9 Å². The quantitative estimate of drug-likeness (QED) is 0.878. The standard InChI is InChI=1S/C17H25N3.2ClH/c1-3-13(2)17(20-10-8-18-9-11-20)15-4-5-16-14(12-15)6-7-19-16;;/h4-7,12-13,17-19H,3,8-11H2,1-2H3;2*1H/t13?,17-;;/m0../s1. The topological polar surface area (TPSA) is 31.1 Å². The van der Waals surface area contributed by atoms with Gasteiger partial charge in [0.25, 0.3) is 0 Å². The highest BCUT2D eigenvalue weighted by molar-refractivity contribution is 5.85. The average Bonchev–Trinajstić information content (AvgIpc) is 2.96. The Hall–Kier alpha value is -0.740. The maximum Gasteiger partial charge on any atom is 0.0454 e. The van der Waals surface area contributed by atoms with Crippen LogP contribution in [0.15, 0.2) is 30.5 Å². The van der Waals surface area contributed by atoms with Gasteiger partial charge in [0.2, 0.25) is 0 Å². The molecule has 5 heteroatoms. The number of nitrogens with one attached hydrogen (secondary N) is 2. The van der Waals surface area contributed by atoms with Gasteiger partial charge < -0.3 is 10.3 Å². The fourth-order valence-corrected chi connectivity index (χ4v) is 3.34. The van der Waals surface area contributed by atoms with Gasteiger partial charge in [-0.15, -0.1) is 24.8 Å². The van der Waals surface area contributed by atoms with Gasteiger partial charge in [-0.25, -0.2) is 0 Å². The van der Waals surface area contributed by atoms with E-state index in [2.05, 4.69) is 53.3 Å². The highest BCUT2D eigenvalue weighted by atomic mass is 35.5. The van der Waals surface area contributed by atoms with Crippen molar-refractivity contribution in [3.63, 3.8) is 0 Å². The molecule has 1 unspecified atom stereocenters.